The molecule has 0 spiro atoms. The van der Waals surface area contributed by atoms with Crippen molar-refractivity contribution in [3.63, 3.8) is 0 Å². The highest BCUT2D eigenvalue weighted by molar-refractivity contribution is 6.30. The van der Waals surface area contributed by atoms with E-state index in [0.29, 0.717) is 5.02 Å². The molecule has 0 aliphatic rings. The van der Waals surface area contributed by atoms with Gasteiger partial charge >= 0.3 is 0 Å². The van der Waals surface area contributed by atoms with Gasteiger partial charge in [-0.1, -0.05) is 30.7 Å². The van der Waals surface area contributed by atoms with E-state index in [0.717, 1.165) is 5.56 Å². The monoisotopic (exact) mass is 290 g/mol. The van der Waals surface area contributed by atoms with Crippen LogP contribution in [0.25, 0.3) is 0 Å². The number of rotatable bonds is 4. The molecule has 0 saturated carbocycles. The van der Waals surface area contributed by atoms with Crippen LogP contribution < -0.4 is 11.1 Å². The van der Waals surface area contributed by atoms with Crippen LogP contribution in [0, 0.1) is 5.92 Å². The number of nitrogens with two attached hydrogens (primary N) is 1. The van der Waals surface area contributed by atoms with E-state index in [-0.39, 0.29) is 36.3 Å². The van der Waals surface area contributed by atoms with Crippen molar-refractivity contribution in [2.75, 3.05) is 0 Å². The molecule has 0 aliphatic carbocycles. The van der Waals surface area contributed by atoms with Gasteiger partial charge in [0.2, 0.25) is 5.91 Å². The Labute approximate surface area is 119 Å². The molecule has 18 heavy (non-hydrogen) atoms. The lowest BCUT2D eigenvalue weighted by Gasteiger charge is -2.20. The molecule has 0 saturated heterocycles. The van der Waals surface area contributed by atoms with Gasteiger partial charge in [-0.2, -0.15) is 0 Å². The van der Waals surface area contributed by atoms with Crippen LogP contribution in [0.5, 0.6) is 0 Å². The highest BCUT2D eigenvalue weighted by atomic mass is 35.5. The summed E-state index contributed by atoms with van der Waals surface area (Å²) in [6, 6.07) is 7.25. The fourth-order valence-electron chi connectivity index (χ4n) is 1.44. The summed E-state index contributed by atoms with van der Waals surface area (Å²) in [5.74, 6) is -0.232. The Kier molecular flexibility index (Phi) is 7.29. The standard InChI is InChI=1S/C13H19ClN2O.ClH/c1-8(9(2)15)13(17)16-10(3)11-5-4-6-12(14)7-11;/h4-10H,15H2,1-3H3,(H,16,17);1H/t8?,9?,10-;/m1./s1. The molecular weight excluding hydrogens is 271 g/mol. The molecule has 0 fully saturated rings. The highest BCUT2D eigenvalue weighted by Crippen LogP contribution is 2.17. The van der Waals surface area contributed by atoms with E-state index in [1.807, 2.05) is 45.0 Å². The van der Waals surface area contributed by atoms with Crippen LogP contribution in [0.3, 0.4) is 0 Å². The first-order chi connectivity index (χ1) is 7.91. The lowest BCUT2D eigenvalue weighted by molar-refractivity contribution is -0.125. The number of nitrogens with one attached hydrogen (secondary N) is 1. The zero-order valence-electron chi connectivity index (χ0n) is 10.8. The summed E-state index contributed by atoms with van der Waals surface area (Å²) in [6.45, 7) is 5.58. The van der Waals surface area contributed by atoms with Gasteiger partial charge in [-0.05, 0) is 31.5 Å². The first kappa shape index (κ1) is 17.2. The lowest BCUT2D eigenvalue weighted by Crippen LogP contribution is -2.39. The maximum absolute atomic E-state index is 11.8. The van der Waals surface area contributed by atoms with Crippen molar-refractivity contribution in [2.24, 2.45) is 11.7 Å². The fourth-order valence-corrected chi connectivity index (χ4v) is 1.64. The van der Waals surface area contributed by atoms with Crippen LogP contribution in [0.4, 0.5) is 0 Å². The molecule has 0 aromatic heterocycles. The van der Waals surface area contributed by atoms with Crippen molar-refractivity contribution in [2.45, 2.75) is 32.9 Å². The first-order valence-corrected chi connectivity index (χ1v) is 6.11. The van der Waals surface area contributed by atoms with Crippen molar-refractivity contribution in [3.05, 3.63) is 34.9 Å². The van der Waals surface area contributed by atoms with Crippen molar-refractivity contribution in [1.82, 2.24) is 5.32 Å². The number of carbonyl (C=O) groups excluding carboxylic acids is 1. The molecule has 3 atom stereocenters. The Hall–Kier alpha value is -0.770. The van der Waals surface area contributed by atoms with E-state index in [4.69, 9.17) is 17.3 Å². The van der Waals surface area contributed by atoms with Gasteiger partial charge in [-0.3, -0.25) is 4.79 Å². The van der Waals surface area contributed by atoms with Crippen LogP contribution in [-0.2, 0) is 4.79 Å². The normalized spacial score (nSPS) is 15.2. The molecule has 1 rings (SSSR count). The zero-order chi connectivity index (χ0) is 13.0. The fraction of sp³-hybridized carbons (Fsp3) is 0.462. The smallest absolute Gasteiger partial charge is 0.224 e. The van der Waals surface area contributed by atoms with Gasteiger partial charge in [-0.15, -0.1) is 12.4 Å². The van der Waals surface area contributed by atoms with Crippen LogP contribution in [0.15, 0.2) is 24.3 Å². The van der Waals surface area contributed by atoms with E-state index < -0.39 is 0 Å². The van der Waals surface area contributed by atoms with Crippen LogP contribution in [0.2, 0.25) is 5.02 Å². The predicted molar refractivity (Wildman–Crippen MR) is 78.1 cm³/mol. The van der Waals surface area contributed by atoms with E-state index >= 15 is 0 Å². The van der Waals surface area contributed by atoms with Gasteiger partial charge in [0.15, 0.2) is 0 Å². The number of carbonyl (C=O) groups is 1. The van der Waals surface area contributed by atoms with Crippen molar-refractivity contribution in [1.29, 1.82) is 0 Å². The second-order valence-electron chi connectivity index (χ2n) is 4.43. The Morgan fingerprint density at radius 2 is 1.94 bits per heavy atom. The van der Waals surface area contributed by atoms with Gasteiger partial charge in [-0.25, -0.2) is 0 Å². The Balaban J connectivity index is 0.00000289. The SMILES string of the molecule is CC(N)C(C)C(=O)N[C@H](C)c1cccc(Cl)c1.Cl. The van der Waals surface area contributed by atoms with Gasteiger partial charge in [0.1, 0.15) is 0 Å². The first-order valence-electron chi connectivity index (χ1n) is 5.73. The number of halogens is 2. The molecule has 5 heteroatoms. The van der Waals surface area contributed by atoms with Gasteiger partial charge in [0, 0.05) is 17.0 Å². The molecule has 2 unspecified atom stereocenters. The van der Waals surface area contributed by atoms with Crippen LogP contribution in [0.1, 0.15) is 32.4 Å². The molecule has 0 radical (unpaired) electrons. The summed E-state index contributed by atoms with van der Waals surface area (Å²) in [6.07, 6.45) is 0. The summed E-state index contributed by atoms with van der Waals surface area (Å²) in [4.78, 5) is 11.8. The number of amides is 1. The van der Waals surface area contributed by atoms with Crippen molar-refractivity contribution >= 4 is 29.9 Å². The number of benzene rings is 1. The third-order valence-electron chi connectivity index (χ3n) is 2.91. The average Bonchev–Trinajstić information content (AvgIpc) is 2.27. The lowest BCUT2D eigenvalue weighted by atomic mass is 10.0. The largest absolute Gasteiger partial charge is 0.349 e. The molecule has 1 amide bonds. The van der Waals surface area contributed by atoms with E-state index in [9.17, 15) is 4.79 Å². The summed E-state index contributed by atoms with van der Waals surface area (Å²) < 4.78 is 0. The molecule has 0 bridgehead atoms. The predicted octanol–water partition coefficient (Wildman–Crippen LogP) is 2.92. The quantitative estimate of drug-likeness (QED) is 0.896. The topological polar surface area (TPSA) is 55.1 Å². The maximum Gasteiger partial charge on any atom is 0.224 e. The van der Waals surface area contributed by atoms with E-state index in [2.05, 4.69) is 5.32 Å². The van der Waals surface area contributed by atoms with Gasteiger partial charge in [0.05, 0.1) is 6.04 Å². The minimum atomic E-state index is -0.198. The summed E-state index contributed by atoms with van der Waals surface area (Å²) in [5, 5.41) is 3.60. The van der Waals surface area contributed by atoms with Gasteiger partial charge in [0.25, 0.3) is 0 Å². The molecule has 1 aromatic rings. The molecule has 1 aromatic carbocycles. The minimum absolute atomic E-state index is 0. The third kappa shape index (κ3) is 4.84. The molecule has 3 N–H and O–H groups in total. The van der Waals surface area contributed by atoms with Crippen LogP contribution >= 0.6 is 24.0 Å². The Morgan fingerprint density at radius 1 is 1.33 bits per heavy atom. The highest BCUT2D eigenvalue weighted by Gasteiger charge is 2.19. The molecular formula is C13H20Cl2N2O. The Bertz CT molecular complexity index is 396. The molecule has 102 valence electrons. The molecule has 0 aliphatic heterocycles. The van der Waals surface area contributed by atoms with Crippen molar-refractivity contribution in [3.8, 4) is 0 Å². The van der Waals surface area contributed by atoms with Crippen LogP contribution in [-0.4, -0.2) is 11.9 Å². The van der Waals surface area contributed by atoms with Gasteiger partial charge < -0.3 is 11.1 Å². The summed E-state index contributed by atoms with van der Waals surface area (Å²) in [7, 11) is 0. The second-order valence-corrected chi connectivity index (χ2v) is 4.87. The maximum atomic E-state index is 11.8. The number of hydrogen-bond donors (Lipinski definition) is 2. The zero-order valence-corrected chi connectivity index (χ0v) is 12.4. The van der Waals surface area contributed by atoms with E-state index in [1.165, 1.54) is 0 Å². The number of hydrogen-bond acceptors (Lipinski definition) is 2. The minimum Gasteiger partial charge on any atom is -0.349 e. The Morgan fingerprint density at radius 3 is 2.44 bits per heavy atom. The average molecular weight is 291 g/mol. The summed E-state index contributed by atoms with van der Waals surface area (Å²) in [5.41, 5.74) is 6.68. The molecule has 0 heterocycles. The third-order valence-corrected chi connectivity index (χ3v) is 3.14. The van der Waals surface area contributed by atoms with E-state index in [1.54, 1.807) is 0 Å². The second kappa shape index (κ2) is 7.62. The molecule has 3 nitrogen and oxygen atoms in total. The van der Waals surface area contributed by atoms with Crippen molar-refractivity contribution < 1.29 is 4.79 Å². The summed E-state index contributed by atoms with van der Waals surface area (Å²) >= 11 is 5.91.